The molecule has 8 heteroatoms. The minimum atomic E-state index is -0.721. The molecular formula is C13H14N4O4. The SMILES string of the molecule is C/C(=N/NC(=O)c1ccn(C)n1)c1c(O)cc(C)oc1=O. The first-order valence-corrected chi connectivity index (χ1v) is 6.07. The van der Waals surface area contributed by atoms with Crippen molar-refractivity contribution in [3.05, 3.63) is 45.8 Å². The van der Waals surface area contributed by atoms with Gasteiger partial charge in [-0.2, -0.15) is 10.2 Å². The number of hydrazone groups is 1. The Labute approximate surface area is 119 Å². The molecule has 2 rings (SSSR count). The van der Waals surface area contributed by atoms with Crippen LogP contribution in [0.4, 0.5) is 0 Å². The highest BCUT2D eigenvalue weighted by Crippen LogP contribution is 2.15. The highest BCUT2D eigenvalue weighted by Gasteiger charge is 2.14. The fraction of sp³-hybridized carbons (Fsp3) is 0.231. The first kappa shape index (κ1) is 14.5. The molecule has 0 unspecified atom stereocenters. The number of amides is 1. The van der Waals surface area contributed by atoms with Crippen LogP contribution in [0.5, 0.6) is 5.75 Å². The predicted octanol–water partition coefficient (Wildman–Crippen LogP) is 0.541. The number of nitrogens with one attached hydrogen (secondary N) is 1. The normalized spacial score (nSPS) is 11.5. The summed E-state index contributed by atoms with van der Waals surface area (Å²) in [6.45, 7) is 3.01. The molecule has 110 valence electrons. The Morgan fingerprint density at radius 1 is 1.52 bits per heavy atom. The van der Waals surface area contributed by atoms with E-state index in [0.717, 1.165) is 0 Å². The molecule has 0 aliphatic rings. The minimum absolute atomic E-state index is 0.0954. The number of hydrogen-bond donors (Lipinski definition) is 2. The molecule has 0 aromatic carbocycles. The minimum Gasteiger partial charge on any atom is -0.507 e. The summed E-state index contributed by atoms with van der Waals surface area (Å²) in [5.74, 6) is -0.491. The van der Waals surface area contributed by atoms with E-state index in [9.17, 15) is 14.7 Å². The van der Waals surface area contributed by atoms with Gasteiger partial charge in [0.05, 0.1) is 5.71 Å². The van der Waals surface area contributed by atoms with Crippen LogP contribution in [0.15, 0.2) is 32.6 Å². The molecule has 0 saturated carbocycles. The molecule has 8 nitrogen and oxygen atoms in total. The summed E-state index contributed by atoms with van der Waals surface area (Å²) >= 11 is 0. The van der Waals surface area contributed by atoms with E-state index in [4.69, 9.17) is 4.42 Å². The second-order valence-corrected chi connectivity index (χ2v) is 4.42. The molecule has 0 fully saturated rings. The zero-order chi connectivity index (χ0) is 15.6. The van der Waals surface area contributed by atoms with E-state index >= 15 is 0 Å². The van der Waals surface area contributed by atoms with Gasteiger partial charge in [0.15, 0.2) is 5.69 Å². The third-order valence-corrected chi connectivity index (χ3v) is 2.69. The molecule has 2 aromatic heterocycles. The summed E-state index contributed by atoms with van der Waals surface area (Å²) in [5, 5.41) is 17.5. The number of rotatable bonds is 3. The molecule has 0 aliphatic heterocycles. The highest BCUT2D eigenvalue weighted by atomic mass is 16.4. The molecular weight excluding hydrogens is 276 g/mol. The largest absolute Gasteiger partial charge is 0.507 e. The lowest BCUT2D eigenvalue weighted by Gasteiger charge is -2.03. The average molecular weight is 290 g/mol. The molecule has 0 saturated heterocycles. The fourth-order valence-corrected chi connectivity index (χ4v) is 1.71. The molecule has 0 radical (unpaired) electrons. The molecule has 2 N–H and O–H groups in total. The zero-order valence-electron chi connectivity index (χ0n) is 11.7. The van der Waals surface area contributed by atoms with Crippen LogP contribution >= 0.6 is 0 Å². The van der Waals surface area contributed by atoms with Crippen LogP contribution in [0.3, 0.4) is 0 Å². The third-order valence-electron chi connectivity index (χ3n) is 2.69. The van der Waals surface area contributed by atoms with Crippen LogP contribution in [0.25, 0.3) is 0 Å². The molecule has 2 aromatic rings. The molecule has 0 spiro atoms. The third kappa shape index (κ3) is 3.16. The summed E-state index contributed by atoms with van der Waals surface area (Å²) in [6, 6.07) is 2.83. The van der Waals surface area contributed by atoms with E-state index in [2.05, 4.69) is 15.6 Å². The van der Waals surface area contributed by atoms with E-state index < -0.39 is 11.5 Å². The van der Waals surface area contributed by atoms with Crippen molar-refractivity contribution < 1.29 is 14.3 Å². The van der Waals surface area contributed by atoms with Crippen molar-refractivity contribution in [1.82, 2.24) is 15.2 Å². The smallest absolute Gasteiger partial charge is 0.348 e. The predicted molar refractivity (Wildman–Crippen MR) is 74.3 cm³/mol. The molecule has 0 atom stereocenters. The van der Waals surface area contributed by atoms with E-state index in [-0.39, 0.29) is 28.5 Å². The standard InChI is InChI=1S/C13H14N4O4/c1-7-6-10(18)11(13(20)21-7)8(2)14-15-12(19)9-4-5-17(3)16-9/h4-6,18H,1-3H3,(H,15,19)/b14-8-. The number of aromatic nitrogens is 2. The lowest BCUT2D eigenvalue weighted by atomic mass is 10.2. The maximum Gasteiger partial charge on any atom is 0.348 e. The first-order chi connectivity index (χ1) is 9.88. The zero-order valence-corrected chi connectivity index (χ0v) is 11.7. The quantitative estimate of drug-likeness (QED) is 0.633. The number of nitrogens with zero attached hydrogens (tertiary/aromatic N) is 3. The van der Waals surface area contributed by atoms with Crippen LogP contribution in [-0.4, -0.2) is 26.5 Å². The van der Waals surface area contributed by atoms with Crippen molar-refractivity contribution in [3.63, 3.8) is 0 Å². The van der Waals surface area contributed by atoms with Crippen LogP contribution in [0.1, 0.15) is 28.7 Å². The number of carbonyl (C=O) groups excluding carboxylic acids is 1. The summed E-state index contributed by atoms with van der Waals surface area (Å²) in [6.07, 6.45) is 1.62. The summed E-state index contributed by atoms with van der Waals surface area (Å²) in [7, 11) is 1.68. The highest BCUT2D eigenvalue weighted by molar-refractivity contribution is 6.01. The summed E-state index contributed by atoms with van der Waals surface area (Å²) in [4.78, 5) is 23.4. The summed E-state index contributed by atoms with van der Waals surface area (Å²) in [5.41, 5.74) is 1.76. The van der Waals surface area contributed by atoms with Gasteiger partial charge in [0.1, 0.15) is 17.1 Å². The Bertz CT molecular complexity index is 773. The number of aryl methyl sites for hydroxylation is 2. The Hall–Kier alpha value is -2.90. The fourth-order valence-electron chi connectivity index (χ4n) is 1.71. The van der Waals surface area contributed by atoms with Crippen LogP contribution in [-0.2, 0) is 7.05 Å². The number of hydrogen-bond acceptors (Lipinski definition) is 6. The van der Waals surface area contributed by atoms with Crippen LogP contribution in [0.2, 0.25) is 0 Å². The van der Waals surface area contributed by atoms with Crippen molar-refractivity contribution in [2.24, 2.45) is 12.1 Å². The molecule has 1 amide bonds. The molecule has 0 aliphatic carbocycles. The Morgan fingerprint density at radius 3 is 2.81 bits per heavy atom. The Kier molecular flexibility index (Phi) is 3.88. The van der Waals surface area contributed by atoms with Gasteiger partial charge in [-0.3, -0.25) is 9.48 Å². The van der Waals surface area contributed by atoms with Crippen molar-refractivity contribution >= 4 is 11.6 Å². The van der Waals surface area contributed by atoms with Crippen molar-refractivity contribution in [2.75, 3.05) is 0 Å². The van der Waals surface area contributed by atoms with Gasteiger partial charge in [-0.1, -0.05) is 0 Å². The van der Waals surface area contributed by atoms with Gasteiger partial charge in [0, 0.05) is 19.3 Å². The summed E-state index contributed by atoms with van der Waals surface area (Å²) < 4.78 is 6.36. The number of aromatic hydroxyl groups is 1. The average Bonchev–Trinajstić information content (AvgIpc) is 2.81. The van der Waals surface area contributed by atoms with E-state index in [1.165, 1.54) is 23.7 Å². The van der Waals surface area contributed by atoms with Crippen LogP contribution in [0, 0.1) is 6.92 Å². The van der Waals surface area contributed by atoms with Gasteiger partial charge in [-0.15, -0.1) is 0 Å². The Balaban J connectivity index is 2.22. The van der Waals surface area contributed by atoms with Gasteiger partial charge in [-0.05, 0) is 19.9 Å². The Morgan fingerprint density at radius 2 is 2.24 bits per heavy atom. The van der Waals surface area contributed by atoms with E-state index in [1.54, 1.807) is 20.2 Å². The molecule has 2 heterocycles. The second kappa shape index (κ2) is 5.61. The van der Waals surface area contributed by atoms with Crippen molar-refractivity contribution in [3.8, 4) is 5.75 Å². The second-order valence-electron chi connectivity index (χ2n) is 4.42. The lowest BCUT2D eigenvalue weighted by Crippen LogP contribution is -2.22. The molecule has 21 heavy (non-hydrogen) atoms. The molecule has 0 bridgehead atoms. The van der Waals surface area contributed by atoms with Gasteiger partial charge in [0.2, 0.25) is 0 Å². The van der Waals surface area contributed by atoms with Gasteiger partial charge in [0.25, 0.3) is 5.91 Å². The maximum absolute atomic E-state index is 11.8. The first-order valence-electron chi connectivity index (χ1n) is 6.07. The van der Waals surface area contributed by atoms with E-state index in [1.807, 2.05) is 0 Å². The van der Waals surface area contributed by atoms with Crippen molar-refractivity contribution in [2.45, 2.75) is 13.8 Å². The lowest BCUT2D eigenvalue weighted by molar-refractivity contribution is 0.0949. The monoisotopic (exact) mass is 290 g/mol. The van der Waals surface area contributed by atoms with Crippen molar-refractivity contribution in [1.29, 1.82) is 0 Å². The van der Waals surface area contributed by atoms with Gasteiger partial charge in [-0.25, -0.2) is 10.2 Å². The van der Waals surface area contributed by atoms with Gasteiger partial charge >= 0.3 is 5.63 Å². The maximum atomic E-state index is 11.8. The topological polar surface area (TPSA) is 110 Å². The van der Waals surface area contributed by atoms with Crippen LogP contribution < -0.4 is 11.1 Å². The number of carbonyl (C=O) groups is 1. The van der Waals surface area contributed by atoms with Gasteiger partial charge < -0.3 is 9.52 Å². The van der Waals surface area contributed by atoms with E-state index in [0.29, 0.717) is 0 Å².